The van der Waals surface area contributed by atoms with Crippen LogP contribution in [0.25, 0.3) is 0 Å². The van der Waals surface area contributed by atoms with E-state index < -0.39 is 24.3 Å². The summed E-state index contributed by atoms with van der Waals surface area (Å²) in [5.74, 6) is -2.43. The zero-order chi connectivity index (χ0) is 13.6. The van der Waals surface area contributed by atoms with Crippen molar-refractivity contribution in [3.8, 4) is 0 Å². The Bertz CT molecular complexity index is 327. The lowest BCUT2D eigenvalue weighted by Crippen LogP contribution is -2.39. The first-order valence-electron chi connectivity index (χ1n) is 5.69. The highest BCUT2D eigenvalue weighted by Crippen LogP contribution is 2.17. The van der Waals surface area contributed by atoms with E-state index in [1.807, 2.05) is 0 Å². The average Bonchev–Trinajstić information content (AvgIpc) is 2.50. The molecule has 102 valence electrons. The Hall–Kier alpha value is -1.40. The summed E-state index contributed by atoms with van der Waals surface area (Å²) >= 11 is 0. The van der Waals surface area contributed by atoms with Crippen LogP contribution in [0.5, 0.6) is 0 Å². The maximum Gasteiger partial charge on any atom is 0.346 e. The quantitative estimate of drug-likeness (QED) is 0.548. The molecule has 0 radical (unpaired) electrons. The van der Waals surface area contributed by atoms with Gasteiger partial charge in [0.2, 0.25) is 5.79 Å². The molecule has 0 aromatic heterocycles. The van der Waals surface area contributed by atoms with Crippen molar-refractivity contribution in [2.24, 2.45) is 0 Å². The molecule has 1 rings (SSSR count). The first kappa shape index (κ1) is 14.7. The molecule has 1 saturated heterocycles. The fourth-order valence-corrected chi connectivity index (χ4v) is 1.33. The zero-order valence-corrected chi connectivity index (χ0v) is 10.7. The number of ether oxygens (including phenoxy) is 4. The van der Waals surface area contributed by atoms with Gasteiger partial charge in [0, 0.05) is 19.1 Å². The smallest absolute Gasteiger partial charge is 0.346 e. The van der Waals surface area contributed by atoms with Crippen LogP contribution in [0.1, 0.15) is 20.3 Å². The molecule has 0 aromatic carbocycles. The third-order valence-electron chi connectivity index (χ3n) is 2.20. The second-order valence-corrected chi connectivity index (χ2v) is 4.22. The molecular weight excluding hydrogens is 240 g/mol. The fraction of sp³-hybridized carbons (Fsp3) is 0.667. The molecule has 6 nitrogen and oxygen atoms in total. The molecule has 1 atom stereocenters. The Morgan fingerprint density at radius 3 is 2.78 bits per heavy atom. The van der Waals surface area contributed by atoms with E-state index >= 15 is 0 Å². The molecular formula is C12H18O6. The highest BCUT2D eigenvalue weighted by Gasteiger charge is 2.32. The van der Waals surface area contributed by atoms with Crippen LogP contribution in [0, 0.1) is 0 Å². The minimum Gasteiger partial charge on any atom is -0.450 e. The summed E-state index contributed by atoms with van der Waals surface area (Å²) < 4.78 is 20.4. The molecule has 0 aromatic rings. The van der Waals surface area contributed by atoms with E-state index in [1.54, 1.807) is 6.92 Å². The van der Waals surface area contributed by atoms with Crippen molar-refractivity contribution < 1.29 is 28.5 Å². The van der Waals surface area contributed by atoms with Gasteiger partial charge in [-0.15, -0.1) is 0 Å². The van der Waals surface area contributed by atoms with Gasteiger partial charge in [-0.2, -0.15) is 0 Å². The average molecular weight is 258 g/mol. The van der Waals surface area contributed by atoms with Gasteiger partial charge in [0.15, 0.2) is 6.61 Å². The largest absolute Gasteiger partial charge is 0.450 e. The van der Waals surface area contributed by atoms with Gasteiger partial charge in [-0.1, -0.05) is 6.58 Å². The summed E-state index contributed by atoms with van der Waals surface area (Å²) in [5.41, 5.74) is 0.225. The third kappa shape index (κ3) is 4.85. The highest BCUT2D eigenvalue weighted by atomic mass is 16.7. The summed E-state index contributed by atoms with van der Waals surface area (Å²) in [6.07, 6.45) is 0.748. The van der Waals surface area contributed by atoms with Crippen LogP contribution in [0.4, 0.5) is 0 Å². The standard InChI is InChI=1S/C12H18O6/c1-9(2)11(14)16-7-10(13)18-12(3)8-15-5-4-6-17-12/h1,4-8H2,2-3H3. The normalized spacial score (nSPS) is 23.9. The van der Waals surface area contributed by atoms with Crippen LogP contribution in [-0.2, 0) is 28.5 Å². The van der Waals surface area contributed by atoms with Crippen LogP contribution in [0.15, 0.2) is 12.2 Å². The molecule has 0 aliphatic carbocycles. The first-order valence-corrected chi connectivity index (χ1v) is 5.69. The van der Waals surface area contributed by atoms with Crippen LogP contribution in [0.3, 0.4) is 0 Å². The van der Waals surface area contributed by atoms with E-state index in [2.05, 4.69) is 11.3 Å². The molecule has 0 spiro atoms. The Morgan fingerprint density at radius 2 is 2.11 bits per heavy atom. The van der Waals surface area contributed by atoms with Crippen LogP contribution in [-0.4, -0.2) is 44.2 Å². The molecule has 1 heterocycles. The molecule has 0 amide bonds. The van der Waals surface area contributed by atoms with Gasteiger partial charge in [0.1, 0.15) is 6.61 Å². The summed E-state index contributed by atoms with van der Waals surface area (Å²) in [6, 6.07) is 0. The number of rotatable bonds is 4. The SMILES string of the molecule is C=C(C)C(=O)OCC(=O)OC1(C)COCCCO1. The van der Waals surface area contributed by atoms with E-state index in [1.165, 1.54) is 6.92 Å². The zero-order valence-electron chi connectivity index (χ0n) is 10.7. The van der Waals surface area contributed by atoms with Crippen LogP contribution >= 0.6 is 0 Å². The van der Waals surface area contributed by atoms with Gasteiger partial charge in [-0.25, -0.2) is 9.59 Å². The number of carbonyl (C=O) groups excluding carboxylic acids is 2. The van der Waals surface area contributed by atoms with Crippen molar-refractivity contribution in [3.05, 3.63) is 12.2 Å². The van der Waals surface area contributed by atoms with E-state index in [0.29, 0.717) is 13.2 Å². The summed E-state index contributed by atoms with van der Waals surface area (Å²) in [4.78, 5) is 22.6. The second kappa shape index (κ2) is 6.51. The van der Waals surface area contributed by atoms with Crippen LogP contribution < -0.4 is 0 Å². The monoisotopic (exact) mass is 258 g/mol. The lowest BCUT2D eigenvalue weighted by Gasteiger charge is -2.26. The number of hydrogen-bond donors (Lipinski definition) is 0. The highest BCUT2D eigenvalue weighted by molar-refractivity contribution is 5.88. The van der Waals surface area contributed by atoms with Crippen LogP contribution in [0.2, 0.25) is 0 Å². The number of esters is 2. The maximum absolute atomic E-state index is 11.5. The van der Waals surface area contributed by atoms with Crippen molar-refractivity contribution >= 4 is 11.9 Å². The van der Waals surface area contributed by atoms with Gasteiger partial charge in [-0.3, -0.25) is 0 Å². The molecule has 0 bridgehead atoms. The second-order valence-electron chi connectivity index (χ2n) is 4.22. The van der Waals surface area contributed by atoms with Crippen molar-refractivity contribution in [2.45, 2.75) is 26.1 Å². The van der Waals surface area contributed by atoms with Crippen molar-refractivity contribution in [3.63, 3.8) is 0 Å². The Labute approximate surface area is 106 Å². The Morgan fingerprint density at radius 1 is 1.39 bits per heavy atom. The van der Waals surface area contributed by atoms with Gasteiger partial charge in [-0.05, 0) is 13.3 Å². The van der Waals surface area contributed by atoms with E-state index in [9.17, 15) is 9.59 Å². The molecule has 0 saturated carbocycles. The molecule has 1 unspecified atom stereocenters. The van der Waals surface area contributed by atoms with E-state index in [4.69, 9.17) is 14.2 Å². The molecule has 1 aliphatic rings. The minimum absolute atomic E-state index is 0.160. The topological polar surface area (TPSA) is 71.1 Å². The van der Waals surface area contributed by atoms with E-state index in [-0.39, 0.29) is 12.2 Å². The van der Waals surface area contributed by atoms with Gasteiger partial charge in [0.25, 0.3) is 0 Å². The first-order chi connectivity index (χ1) is 8.43. The van der Waals surface area contributed by atoms with Gasteiger partial charge in [0.05, 0.1) is 6.61 Å². The van der Waals surface area contributed by atoms with Gasteiger partial charge < -0.3 is 18.9 Å². The van der Waals surface area contributed by atoms with Crippen molar-refractivity contribution in [1.29, 1.82) is 0 Å². The Balaban J connectivity index is 2.38. The fourth-order valence-electron chi connectivity index (χ4n) is 1.33. The maximum atomic E-state index is 11.5. The molecule has 0 N–H and O–H groups in total. The van der Waals surface area contributed by atoms with Crippen molar-refractivity contribution in [2.75, 3.05) is 26.4 Å². The van der Waals surface area contributed by atoms with Gasteiger partial charge >= 0.3 is 11.9 Å². The number of carbonyl (C=O) groups is 2. The molecule has 1 aliphatic heterocycles. The minimum atomic E-state index is -1.12. The molecule has 6 heteroatoms. The predicted molar refractivity (Wildman–Crippen MR) is 61.7 cm³/mol. The predicted octanol–water partition coefficient (Wildman–Crippen LogP) is 0.802. The lowest BCUT2D eigenvalue weighted by atomic mass is 10.3. The van der Waals surface area contributed by atoms with Crippen molar-refractivity contribution in [1.82, 2.24) is 0 Å². The molecule has 1 fully saturated rings. The lowest BCUT2D eigenvalue weighted by molar-refractivity contribution is -0.235. The third-order valence-corrected chi connectivity index (χ3v) is 2.20. The van der Waals surface area contributed by atoms with E-state index in [0.717, 1.165) is 6.42 Å². The summed E-state index contributed by atoms with van der Waals surface area (Å²) in [7, 11) is 0. The number of hydrogen-bond acceptors (Lipinski definition) is 6. The summed E-state index contributed by atoms with van der Waals surface area (Å²) in [6.45, 7) is 7.22. The Kier molecular flexibility index (Phi) is 5.30. The molecule has 18 heavy (non-hydrogen) atoms. The summed E-state index contributed by atoms with van der Waals surface area (Å²) in [5, 5.41) is 0.